The van der Waals surface area contributed by atoms with E-state index in [0.29, 0.717) is 16.6 Å². The summed E-state index contributed by atoms with van der Waals surface area (Å²) in [6.45, 7) is 0. The molecule has 0 spiro atoms. The van der Waals surface area contributed by atoms with Gasteiger partial charge in [-0.3, -0.25) is 0 Å². The molecule has 0 saturated carbocycles. The summed E-state index contributed by atoms with van der Waals surface area (Å²) < 4.78 is 26.7. The molecular formula is C22H11IrN2O2S-. The number of hydrogen-bond donors (Lipinski definition) is 0. The Morgan fingerprint density at radius 3 is 2.57 bits per heavy atom. The Labute approximate surface area is 174 Å². The summed E-state index contributed by atoms with van der Waals surface area (Å²) in [5.74, 6) is 0. The molecule has 2 aromatic heterocycles. The number of nitrogens with zero attached hydrogens (tertiary/aromatic N) is 2. The van der Waals surface area contributed by atoms with E-state index in [1.165, 1.54) is 6.20 Å². The first-order valence-corrected chi connectivity index (χ1v) is 10.00. The smallest absolute Gasteiger partial charge is 0.188 e. The van der Waals surface area contributed by atoms with Gasteiger partial charge < -0.3 is 9.97 Å². The summed E-state index contributed by atoms with van der Waals surface area (Å²) in [5.41, 5.74) is 1.06. The Bertz CT molecular complexity index is 1550. The van der Waals surface area contributed by atoms with Crippen LogP contribution in [0.5, 0.6) is 0 Å². The number of hydrogen-bond acceptors (Lipinski definition) is 4. The van der Waals surface area contributed by atoms with Crippen LogP contribution in [0.3, 0.4) is 0 Å². The van der Waals surface area contributed by atoms with E-state index in [9.17, 15) is 8.42 Å². The van der Waals surface area contributed by atoms with Crippen LogP contribution in [-0.2, 0) is 29.9 Å². The van der Waals surface area contributed by atoms with E-state index in [-0.39, 0.29) is 30.0 Å². The van der Waals surface area contributed by atoms with E-state index in [1.54, 1.807) is 18.3 Å². The van der Waals surface area contributed by atoms with Crippen molar-refractivity contribution in [3.05, 3.63) is 73.1 Å². The summed E-state index contributed by atoms with van der Waals surface area (Å²) in [5, 5.41) is 5.59. The van der Waals surface area contributed by atoms with Crippen molar-refractivity contribution in [1.82, 2.24) is 9.97 Å². The molecule has 0 saturated heterocycles. The monoisotopic (exact) mass is 560 g/mol. The minimum Gasteiger partial charge on any atom is -0.340 e. The molecule has 0 atom stereocenters. The van der Waals surface area contributed by atoms with Crippen molar-refractivity contribution in [1.29, 1.82) is 0 Å². The van der Waals surface area contributed by atoms with Gasteiger partial charge in [0.2, 0.25) is 0 Å². The normalized spacial score (nSPS) is 14.0. The molecule has 0 bridgehead atoms. The van der Waals surface area contributed by atoms with Gasteiger partial charge in [-0.2, -0.15) is 0 Å². The zero-order valence-electron chi connectivity index (χ0n) is 14.3. The minimum atomic E-state index is -3.75. The zero-order chi connectivity index (χ0) is 18.2. The Hall–Kier alpha value is -2.66. The Morgan fingerprint density at radius 1 is 0.821 bits per heavy atom. The standard InChI is InChI=1S/C22H11N2O2S.Ir/c25-27(26)19-12-18-14-5-2-1-4-13(14)7-8-15(18)16-9-11-23-21(20(16)19)17-6-3-10-24-22(17)27;/h1-5,7-12H;/q-1;. The Morgan fingerprint density at radius 2 is 1.68 bits per heavy atom. The van der Waals surface area contributed by atoms with Crippen LogP contribution in [0.15, 0.2) is 76.9 Å². The summed E-state index contributed by atoms with van der Waals surface area (Å²) in [4.78, 5) is 8.89. The van der Waals surface area contributed by atoms with E-state index >= 15 is 0 Å². The van der Waals surface area contributed by atoms with E-state index < -0.39 is 9.84 Å². The van der Waals surface area contributed by atoms with E-state index in [4.69, 9.17) is 0 Å². The van der Waals surface area contributed by atoms with Gasteiger partial charge >= 0.3 is 0 Å². The number of rotatable bonds is 0. The summed E-state index contributed by atoms with van der Waals surface area (Å²) in [7, 11) is -3.75. The zero-order valence-corrected chi connectivity index (χ0v) is 17.5. The fraction of sp³-hybridized carbons (Fsp3) is 0. The van der Waals surface area contributed by atoms with Crippen LogP contribution in [-0.4, -0.2) is 18.4 Å². The van der Waals surface area contributed by atoms with Crippen molar-refractivity contribution in [3.63, 3.8) is 0 Å². The molecule has 0 aliphatic carbocycles. The molecule has 0 fully saturated rings. The van der Waals surface area contributed by atoms with Gasteiger partial charge in [-0.25, -0.2) is 8.42 Å². The molecule has 6 rings (SSSR count). The predicted octanol–water partition coefficient (Wildman–Crippen LogP) is 4.55. The Kier molecular flexibility index (Phi) is 3.68. The van der Waals surface area contributed by atoms with Crippen LogP contribution in [0, 0.1) is 6.07 Å². The number of fused-ring (bicyclic) bond motifs is 6. The molecule has 1 aliphatic rings. The third-order valence-electron chi connectivity index (χ3n) is 5.22. The van der Waals surface area contributed by atoms with Crippen LogP contribution in [0.2, 0.25) is 0 Å². The molecule has 1 aliphatic heterocycles. The fourth-order valence-electron chi connectivity index (χ4n) is 4.06. The Balaban J connectivity index is 0.00000171. The fourth-order valence-corrected chi connectivity index (χ4v) is 5.64. The second-order valence-corrected chi connectivity index (χ2v) is 8.44. The number of pyridine rings is 2. The van der Waals surface area contributed by atoms with Gasteiger partial charge in [0.05, 0.1) is 9.92 Å². The first-order valence-electron chi connectivity index (χ1n) is 8.51. The molecule has 28 heavy (non-hydrogen) atoms. The van der Waals surface area contributed by atoms with Gasteiger partial charge in [-0.05, 0) is 50.1 Å². The molecule has 0 N–H and O–H groups in total. The van der Waals surface area contributed by atoms with E-state index in [0.717, 1.165) is 26.9 Å². The van der Waals surface area contributed by atoms with E-state index in [2.05, 4.69) is 28.2 Å². The molecule has 3 aromatic carbocycles. The quantitative estimate of drug-likeness (QED) is 0.203. The molecule has 0 unspecified atom stereocenters. The maximum atomic E-state index is 13.4. The molecule has 0 amide bonds. The van der Waals surface area contributed by atoms with Crippen molar-refractivity contribution in [3.8, 4) is 11.3 Å². The summed E-state index contributed by atoms with van der Waals surface area (Å²) in [6.07, 6.45) is 3.18. The maximum absolute atomic E-state index is 13.4. The van der Waals surface area contributed by atoms with Gasteiger partial charge in [-0.15, -0.1) is 12.1 Å². The molecule has 137 valence electrons. The van der Waals surface area contributed by atoms with Gasteiger partial charge in [0, 0.05) is 26.3 Å². The average molecular weight is 560 g/mol. The van der Waals surface area contributed by atoms with Crippen LogP contribution >= 0.6 is 0 Å². The third-order valence-corrected chi connectivity index (χ3v) is 6.94. The maximum Gasteiger partial charge on any atom is 0.188 e. The van der Waals surface area contributed by atoms with Gasteiger partial charge in [0.1, 0.15) is 0 Å². The number of aromatic nitrogens is 2. The molecule has 6 heteroatoms. The van der Waals surface area contributed by atoms with Crippen molar-refractivity contribution in [2.24, 2.45) is 0 Å². The second kappa shape index (κ2) is 5.92. The SMILES string of the molecule is O=S1(=O)c2ncc[c-]c2-c2nccc3c2c1cc1c2ccccc2ccc31.[Ir]. The van der Waals surface area contributed by atoms with Crippen molar-refractivity contribution in [2.45, 2.75) is 9.92 Å². The predicted molar refractivity (Wildman–Crippen MR) is 104 cm³/mol. The second-order valence-electron chi connectivity index (χ2n) is 6.61. The topological polar surface area (TPSA) is 59.9 Å². The first kappa shape index (κ1) is 17.4. The first-order chi connectivity index (χ1) is 13.2. The van der Waals surface area contributed by atoms with Gasteiger partial charge in [-0.1, -0.05) is 48.2 Å². The van der Waals surface area contributed by atoms with Crippen LogP contribution < -0.4 is 0 Å². The van der Waals surface area contributed by atoms with E-state index in [1.807, 2.05) is 30.3 Å². The third kappa shape index (κ3) is 2.11. The molecule has 4 nitrogen and oxygen atoms in total. The summed E-state index contributed by atoms with van der Waals surface area (Å²) >= 11 is 0. The molecule has 5 aromatic rings. The molecule has 1 radical (unpaired) electrons. The summed E-state index contributed by atoms with van der Waals surface area (Å²) in [6, 6.07) is 20.4. The number of sulfone groups is 1. The average Bonchev–Trinajstić information content (AvgIpc) is 2.71. The van der Waals surface area contributed by atoms with Crippen molar-refractivity contribution >= 4 is 42.2 Å². The van der Waals surface area contributed by atoms with Crippen LogP contribution in [0.4, 0.5) is 0 Å². The van der Waals surface area contributed by atoms with Gasteiger partial charge in [0.15, 0.2) is 9.84 Å². The van der Waals surface area contributed by atoms with Crippen molar-refractivity contribution < 1.29 is 28.5 Å². The van der Waals surface area contributed by atoms with Crippen LogP contribution in [0.1, 0.15) is 0 Å². The molecular weight excluding hydrogens is 549 g/mol. The minimum absolute atomic E-state index is 0. The van der Waals surface area contributed by atoms with Crippen molar-refractivity contribution in [2.75, 3.05) is 0 Å². The largest absolute Gasteiger partial charge is 0.340 e. The van der Waals surface area contributed by atoms with Crippen LogP contribution in [0.25, 0.3) is 43.6 Å². The number of benzene rings is 3. The molecule has 3 heterocycles. The van der Waals surface area contributed by atoms with Gasteiger partial charge in [0.25, 0.3) is 0 Å².